The summed E-state index contributed by atoms with van der Waals surface area (Å²) in [5, 5.41) is 2.79. The number of carbonyl (C=O) groups is 2. The van der Waals surface area contributed by atoms with E-state index in [1.807, 2.05) is 54.6 Å². The normalized spacial score (nSPS) is 12.1. The summed E-state index contributed by atoms with van der Waals surface area (Å²) < 4.78 is 26.4. The van der Waals surface area contributed by atoms with Gasteiger partial charge < -0.3 is 10.2 Å². The highest BCUT2D eigenvalue weighted by molar-refractivity contribution is 7.88. The van der Waals surface area contributed by atoms with Crippen LogP contribution in [0.1, 0.15) is 22.7 Å². The van der Waals surface area contributed by atoms with E-state index in [4.69, 9.17) is 0 Å². The fourth-order valence-electron chi connectivity index (χ4n) is 3.80. The van der Waals surface area contributed by atoms with Gasteiger partial charge in [0.2, 0.25) is 21.8 Å². The summed E-state index contributed by atoms with van der Waals surface area (Å²) in [6, 6.07) is 26.4. The summed E-state index contributed by atoms with van der Waals surface area (Å²) in [4.78, 5) is 28.6. The van der Waals surface area contributed by atoms with Crippen molar-refractivity contribution in [2.75, 3.05) is 19.3 Å². The SMILES string of the molecule is C=CCNC(=O)C(c1ccccc1)N(Cc1ccccc1)C(=O)CN(Cc1ccccc1)S(C)(=O)=O. The van der Waals surface area contributed by atoms with E-state index in [9.17, 15) is 18.0 Å². The third-order valence-electron chi connectivity index (χ3n) is 5.59. The number of benzene rings is 3. The maximum Gasteiger partial charge on any atom is 0.247 e. The number of carbonyl (C=O) groups excluding carboxylic acids is 2. The van der Waals surface area contributed by atoms with Gasteiger partial charge in [0.15, 0.2) is 0 Å². The van der Waals surface area contributed by atoms with Crippen molar-refractivity contribution in [2.45, 2.75) is 19.1 Å². The van der Waals surface area contributed by atoms with Crippen molar-refractivity contribution in [1.29, 1.82) is 0 Å². The number of nitrogens with one attached hydrogen (secondary N) is 1. The van der Waals surface area contributed by atoms with Crippen LogP contribution < -0.4 is 5.32 Å². The van der Waals surface area contributed by atoms with Gasteiger partial charge in [-0.15, -0.1) is 6.58 Å². The van der Waals surface area contributed by atoms with Crippen LogP contribution in [0.3, 0.4) is 0 Å². The Labute approximate surface area is 213 Å². The van der Waals surface area contributed by atoms with Gasteiger partial charge in [-0.05, 0) is 16.7 Å². The number of nitrogens with zero attached hydrogens (tertiary/aromatic N) is 2. The molecule has 0 spiro atoms. The minimum atomic E-state index is -3.72. The third kappa shape index (κ3) is 7.63. The van der Waals surface area contributed by atoms with Gasteiger partial charge in [0.1, 0.15) is 6.04 Å². The van der Waals surface area contributed by atoms with Crippen LogP contribution in [0.25, 0.3) is 0 Å². The molecular weight excluding hydrogens is 474 g/mol. The zero-order valence-electron chi connectivity index (χ0n) is 20.3. The molecule has 1 atom stereocenters. The Balaban J connectivity index is 2.00. The van der Waals surface area contributed by atoms with Crippen molar-refractivity contribution in [3.63, 3.8) is 0 Å². The van der Waals surface area contributed by atoms with E-state index < -0.39 is 28.5 Å². The van der Waals surface area contributed by atoms with Gasteiger partial charge in [-0.3, -0.25) is 9.59 Å². The van der Waals surface area contributed by atoms with Gasteiger partial charge in [-0.1, -0.05) is 97.1 Å². The van der Waals surface area contributed by atoms with Gasteiger partial charge in [-0.2, -0.15) is 4.31 Å². The molecule has 188 valence electrons. The highest BCUT2D eigenvalue weighted by atomic mass is 32.2. The number of hydrogen-bond acceptors (Lipinski definition) is 4. The maximum atomic E-state index is 13.8. The molecule has 0 aliphatic heterocycles. The Morgan fingerprint density at radius 1 is 0.861 bits per heavy atom. The molecule has 7 nitrogen and oxygen atoms in total. The number of rotatable bonds is 12. The molecule has 3 aromatic carbocycles. The lowest BCUT2D eigenvalue weighted by Gasteiger charge is -2.33. The van der Waals surface area contributed by atoms with Gasteiger partial charge in [0, 0.05) is 19.6 Å². The van der Waals surface area contributed by atoms with Gasteiger partial charge in [0.25, 0.3) is 0 Å². The molecule has 0 fully saturated rings. The number of amides is 2. The first kappa shape index (κ1) is 26.8. The molecule has 0 aliphatic rings. The van der Waals surface area contributed by atoms with Gasteiger partial charge in [0.05, 0.1) is 12.8 Å². The second kappa shape index (κ2) is 12.8. The lowest BCUT2D eigenvalue weighted by Crippen LogP contribution is -2.47. The molecule has 0 heterocycles. The maximum absolute atomic E-state index is 13.8. The van der Waals surface area contributed by atoms with Crippen LogP contribution >= 0.6 is 0 Å². The summed E-state index contributed by atoms with van der Waals surface area (Å²) in [5.74, 6) is -0.859. The van der Waals surface area contributed by atoms with Gasteiger partial charge in [-0.25, -0.2) is 8.42 Å². The Bertz CT molecular complexity index is 1250. The third-order valence-corrected chi connectivity index (χ3v) is 6.79. The predicted molar refractivity (Wildman–Crippen MR) is 141 cm³/mol. The van der Waals surface area contributed by atoms with Crippen LogP contribution in [-0.2, 0) is 32.7 Å². The summed E-state index contributed by atoms with van der Waals surface area (Å²) in [5.41, 5.74) is 2.20. The number of hydrogen-bond donors (Lipinski definition) is 1. The van der Waals surface area contributed by atoms with Crippen molar-refractivity contribution in [1.82, 2.24) is 14.5 Å². The molecule has 3 rings (SSSR count). The molecule has 3 aromatic rings. The summed E-state index contributed by atoms with van der Waals surface area (Å²) in [6.07, 6.45) is 2.64. The molecule has 0 aliphatic carbocycles. The second-order valence-corrected chi connectivity index (χ2v) is 10.4. The summed E-state index contributed by atoms with van der Waals surface area (Å²) >= 11 is 0. The van der Waals surface area contributed by atoms with Crippen LogP contribution in [0, 0.1) is 0 Å². The standard InChI is InChI=1S/C28H31N3O4S/c1-3-19-29-28(33)27(25-17-11-6-12-18-25)31(21-24-15-9-5-10-16-24)26(32)22-30(36(2,34)35)20-23-13-7-4-8-14-23/h3-18,27H,1,19-22H2,2H3,(H,29,33). The topological polar surface area (TPSA) is 86.8 Å². The van der Waals surface area contributed by atoms with Crippen LogP contribution in [0.5, 0.6) is 0 Å². The monoisotopic (exact) mass is 505 g/mol. The average molecular weight is 506 g/mol. The summed E-state index contributed by atoms with van der Waals surface area (Å²) in [6.45, 7) is 3.65. The molecule has 8 heteroatoms. The highest BCUT2D eigenvalue weighted by Gasteiger charge is 2.33. The summed E-state index contributed by atoms with van der Waals surface area (Å²) in [7, 11) is -3.72. The van der Waals surface area contributed by atoms with Crippen LogP contribution in [0.2, 0.25) is 0 Å². The largest absolute Gasteiger partial charge is 0.351 e. The lowest BCUT2D eigenvalue weighted by atomic mass is 10.0. The molecule has 36 heavy (non-hydrogen) atoms. The molecule has 2 amide bonds. The Kier molecular flexibility index (Phi) is 9.55. The van der Waals surface area contributed by atoms with Crippen molar-refractivity contribution in [2.24, 2.45) is 0 Å². The van der Waals surface area contributed by atoms with E-state index in [2.05, 4.69) is 11.9 Å². The van der Waals surface area contributed by atoms with E-state index in [1.54, 1.807) is 42.5 Å². The quantitative estimate of drug-likeness (QED) is 0.382. The molecule has 0 aromatic heterocycles. The van der Waals surface area contributed by atoms with Crippen LogP contribution in [0.15, 0.2) is 104 Å². The zero-order chi connectivity index (χ0) is 26.0. The minimum Gasteiger partial charge on any atom is -0.351 e. The second-order valence-electron chi connectivity index (χ2n) is 8.37. The Hall–Kier alpha value is -3.75. The van der Waals surface area contributed by atoms with E-state index in [0.29, 0.717) is 5.56 Å². The van der Waals surface area contributed by atoms with Crippen LogP contribution in [0.4, 0.5) is 0 Å². The van der Waals surface area contributed by atoms with Gasteiger partial charge >= 0.3 is 0 Å². The first-order valence-corrected chi connectivity index (χ1v) is 13.4. The molecule has 0 saturated carbocycles. The smallest absolute Gasteiger partial charge is 0.247 e. The molecule has 1 N–H and O–H groups in total. The molecule has 0 radical (unpaired) electrons. The van der Waals surface area contributed by atoms with Crippen molar-refractivity contribution in [3.05, 3.63) is 120 Å². The van der Waals surface area contributed by atoms with Crippen LogP contribution in [-0.4, -0.2) is 48.8 Å². The molecule has 0 saturated heterocycles. The predicted octanol–water partition coefficient (Wildman–Crippen LogP) is 3.52. The first-order valence-electron chi connectivity index (χ1n) is 11.6. The minimum absolute atomic E-state index is 0.0449. The lowest BCUT2D eigenvalue weighted by molar-refractivity contribution is -0.141. The van der Waals surface area contributed by atoms with Crippen molar-refractivity contribution < 1.29 is 18.0 Å². The molecular formula is C28H31N3O4S. The fourth-order valence-corrected chi connectivity index (χ4v) is 4.53. The Morgan fingerprint density at radius 3 is 1.86 bits per heavy atom. The molecule has 1 unspecified atom stereocenters. The van der Waals surface area contributed by atoms with E-state index in [0.717, 1.165) is 21.7 Å². The van der Waals surface area contributed by atoms with E-state index in [1.165, 1.54) is 4.90 Å². The Morgan fingerprint density at radius 2 is 1.36 bits per heavy atom. The van der Waals surface area contributed by atoms with Crippen molar-refractivity contribution in [3.8, 4) is 0 Å². The van der Waals surface area contributed by atoms with E-state index in [-0.39, 0.29) is 25.5 Å². The highest BCUT2D eigenvalue weighted by Crippen LogP contribution is 2.25. The van der Waals surface area contributed by atoms with E-state index >= 15 is 0 Å². The first-order chi connectivity index (χ1) is 17.3. The molecule has 0 bridgehead atoms. The fraction of sp³-hybridized carbons (Fsp3) is 0.214. The average Bonchev–Trinajstić information content (AvgIpc) is 2.88. The van der Waals surface area contributed by atoms with Crippen molar-refractivity contribution >= 4 is 21.8 Å². The number of sulfonamides is 1. The zero-order valence-corrected chi connectivity index (χ0v) is 21.1.